The van der Waals surface area contributed by atoms with Crippen LogP contribution in [0.15, 0.2) is 91.0 Å². The summed E-state index contributed by atoms with van der Waals surface area (Å²) in [5.74, 6) is -0.103. The fourth-order valence-electron chi connectivity index (χ4n) is 3.59. The fourth-order valence-corrected chi connectivity index (χ4v) is 4.26. The number of anilines is 4. The lowest BCUT2D eigenvalue weighted by Gasteiger charge is -2.16. The molecule has 0 aliphatic rings. The topological polar surface area (TPSA) is 79.5 Å². The summed E-state index contributed by atoms with van der Waals surface area (Å²) in [7, 11) is 0. The van der Waals surface area contributed by atoms with E-state index in [4.69, 9.17) is 39.5 Å². The fraction of sp³-hybridized carbons (Fsp3) is 0.103. The predicted molar refractivity (Wildman–Crippen MR) is 155 cm³/mol. The Kier molecular flexibility index (Phi) is 9.13. The number of carbonyl (C=O) groups excluding carboxylic acids is 2. The van der Waals surface area contributed by atoms with Gasteiger partial charge in [-0.2, -0.15) is 0 Å². The largest absolute Gasteiger partial charge is 0.479 e. The molecule has 9 heteroatoms. The summed E-state index contributed by atoms with van der Waals surface area (Å²) >= 11 is 18.7. The lowest BCUT2D eigenvalue weighted by atomic mass is 10.1. The van der Waals surface area contributed by atoms with Gasteiger partial charge < -0.3 is 20.7 Å². The number of halogens is 3. The van der Waals surface area contributed by atoms with Crippen molar-refractivity contribution in [2.75, 3.05) is 16.0 Å². The normalized spacial score (nSPS) is 11.4. The molecule has 1 unspecified atom stereocenters. The first-order chi connectivity index (χ1) is 18.3. The first-order valence-corrected chi connectivity index (χ1v) is 12.8. The molecule has 0 saturated heterocycles. The summed E-state index contributed by atoms with van der Waals surface area (Å²) in [4.78, 5) is 25.3. The Labute approximate surface area is 235 Å². The highest BCUT2D eigenvalue weighted by molar-refractivity contribution is 6.39. The van der Waals surface area contributed by atoms with Crippen LogP contribution in [-0.2, 0) is 16.0 Å². The van der Waals surface area contributed by atoms with Gasteiger partial charge in [0.15, 0.2) is 6.10 Å². The second-order valence-electron chi connectivity index (χ2n) is 8.36. The van der Waals surface area contributed by atoms with E-state index in [9.17, 15) is 9.59 Å². The molecule has 0 spiro atoms. The van der Waals surface area contributed by atoms with Gasteiger partial charge in [-0.1, -0.05) is 71.2 Å². The van der Waals surface area contributed by atoms with E-state index in [0.29, 0.717) is 37.9 Å². The minimum Gasteiger partial charge on any atom is -0.479 e. The molecule has 3 N–H and O–H groups in total. The molecule has 38 heavy (non-hydrogen) atoms. The SMILES string of the molecule is CC(Oc1ccccc1Cl)C(=O)Nc1ccc(NC(=O)Cc2ccccc2Nc2c(Cl)cccc2Cl)cc1. The van der Waals surface area contributed by atoms with E-state index < -0.39 is 6.10 Å². The van der Waals surface area contributed by atoms with Crippen LogP contribution in [0.2, 0.25) is 15.1 Å². The van der Waals surface area contributed by atoms with E-state index in [1.165, 1.54) is 0 Å². The first kappa shape index (κ1) is 27.3. The van der Waals surface area contributed by atoms with Gasteiger partial charge in [0.2, 0.25) is 5.91 Å². The Balaban J connectivity index is 1.34. The lowest BCUT2D eigenvalue weighted by Crippen LogP contribution is -2.30. The van der Waals surface area contributed by atoms with Crippen LogP contribution < -0.4 is 20.7 Å². The maximum absolute atomic E-state index is 12.8. The van der Waals surface area contributed by atoms with Crippen molar-refractivity contribution >= 4 is 69.4 Å². The molecular weight excluding hydrogens is 545 g/mol. The van der Waals surface area contributed by atoms with Gasteiger partial charge in [0.25, 0.3) is 5.91 Å². The van der Waals surface area contributed by atoms with Crippen LogP contribution in [0.4, 0.5) is 22.7 Å². The number of para-hydroxylation sites is 3. The molecule has 0 heterocycles. The number of nitrogens with one attached hydrogen (secondary N) is 3. The zero-order chi connectivity index (χ0) is 27.1. The standard InChI is InChI=1S/C29H24Cl3N3O3/c1-18(38-26-12-5-3-8-22(26)30)29(37)34-21-15-13-20(14-16-21)33-27(36)17-19-7-2-4-11-25(19)35-28-23(31)9-6-10-24(28)32/h2-16,18,35H,17H2,1H3,(H,33,36)(H,34,37). The van der Waals surface area contributed by atoms with Crippen LogP contribution in [-0.4, -0.2) is 17.9 Å². The molecule has 194 valence electrons. The molecule has 0 radical (unpaired) electrons. The molecule has 4 aromatic carbocycles. The highest BCUT2D eigenvalue weighted by Gasteiger charge is 2.16. The van der Waals surface area contributed by atoms with Crippen LogP contribution in [0, 0.1) is 0 Å². The van der Waals surface area contributed by atoms with E-state index in [0.717, 1.165) is 11.3 Å². The molecule has 2 amide bonds. The molecule has 0 aliphatic heterocycles. The van der Waals surface area contributed by atoms with Crippen molar-refractivity contribution in [2.45, 2.75) is 19.4 Å². The lowest BCUT2D eigenvalue weighted by molar-refractivity contribution is -0.122. The van der Waals surface area contributed by atoms with Crippen molar-refractivity contribution < 1.29 is 14.3 Å². The van der Waals surface area contributed by atoms with Crippen LogP contribution in [0.1, 0.15) is 12.5 Å². The van der Waals surface area contributed by atoms with Crippen molar-refractivity contribution in [2.24, 2.45) is 0 Å². The third kappa shape index (κ3) is 7.19. The Morgan fingerprint density at radius 3 is 2.00 bits per heavy atom. The molecule has 4 aromatic rings. The Bertz CT molecular complexity index is 1420. The van der Waals surface area contributed by atoms with Gasteiger partial charge >= 0.3 is 0 Å². The van der Waals surface area contributed by atoms with Gasteiger partial charge in [-0.05, 0) is 67.1 Å². The Hall–Kier alpha value is -3.71. The highest BCUT2D eigenvalue weighted by atomic mass is 35.5. The maximum atomic E-state index is 12.8. The number of amides is 2. The number of hydrogen-bond donors (Lipinski definition) is 3. The van der Waals surface area contributed by atoms with Crippen molar-refractivity contribution in [3.05, 3.63) is 112 Å². The van der Waals surface area contributed by atoms with Gasteiger partial charge in [-0.25, -0.2) is 0 Å². The molecule has 0 aliphatic carbocycles. The number of hydrogen-bond acceptors (Lipinski definition) is 4. The van der Waals surface area contributed by atoms with E-state index >= 15 is 0 Å². The van der Waals surface area contributed by atoms with Crippen molar-refractivity contribution in [1.29, 1.82) is 0 Å². The van der Waals surface area contributed by atoms with Crippen LogP contribution in [0.5, 0.6) is 5.75 Å². The van der Waals surface area contributed by atoms with E-state index in [1.54, 1.807) is 73.7 Å². The van der Waals surface area contributed by atoms with Crippen LogP contribution in [0.3, 0.4) is 0 Å². The zero-order valence-electron chi connectivity index (χ0n) is 20.3. The number of carbonyl (C=O) groups is 2. The van der Waals surface area contributed by atoms with Gasteiger partial charge in [-0.3, -0.25) is 9.59 Å². The van der Waals surface area contributed by atoms with Gasteiger partial charge in [0, 0.05) is 17.1 Å². The minimum atomic E-state index is -0.761. The smallest absolute Gasteiger partial charge is 0.265 e. The average Bonchev–Trinajstić information content (AvgIpc) is 2.89. The van der Waals surface area contributed by atoms with E-state index in [2.05, 4.69) is 16.0 Å². The summed E-state index contributed by atoms with van der Waals surface area (Å²) in [5, 5.41) is 10.3. The summed E-state index contributed by atoms with van der Waals surface area (Å²) in [6.07, 6.45) is -0.635. The second kappa shape index (κ2) is 12.7. The highest BCUT2D eigenvalue weighted by Crippen LogP contribution is 2.33. The van der Waals surface area contributed by atoms with Gasteiger partial charge in [0.1, 0.15) is 5.75 Å². The molecule has 0 saturated carbocycles. The summed E-state index contributed by atoms with van der Waals surface area (Å²) < 4.78 is 5.65. The number of benzene rings is 4. The monoisotopic (exact) mass is 567 g/mol. The maximum Gasteiger partial charge on any atom is 0.265 e. The Morgan fingerprint density at radius 1 is 0.737 bits per heavy atom. The first-order valence-electron chi connectivity index (χ1n) is 11.7. The average molecular weight is 569 g/mol. The third-order valence-corrected chi connectivity index (χ3v) is 6.48. The summed E-state index contributed by atoms with van der Waals surface area (Å²) in [5.41, 5.74) is 3.23. The van der Waals surface area contributed by atoms with Crippen molar-refractivity contribution in [3.63, 3.8) is 0 Å². The Morgan fingerprint density at radius 2 is 1.32 bits per heavy atom. The second-order valence-corrected chi connectivity index (χ2v) is 9.58. The molecule has 0 bridgehead atoms. The quantitative estimate of drug-likeness (QED) is 0.191. The molecule has 4 rings (SSSR count). The third-order valence-electron chi connectivity index (χ3n) is 5.54. The predicted octanol–water partition coefficient (Wildman–Crippen LogP) is 7.98. The molecule has 0 aromatic heterocycles. The molecule has 1 atom stereocenters. The van der Waals surface area contributed by atoms with Crippen molar-refractivity contribution in [3.8, 4) is 5.75 Å². The molecular formula is C29H24Cl3N3O3. The summed E-state index contributed by atoms with van der Waals surface area (Å²) in [6.45, 7) is 1.64. The van der Waals surface area contributed by atoms with Crippen LogP contribution >= 0.6 is 34.8 Å². The zero-order valence-corrected chi connectivity index (χ0v) is 22.6. The number of ether oxygens (including phenoxy) is 1. The van der Waals surface area contributed by atoms with Gasteiger partial charge in [-0.15, -0.1) is 0 Å². The van der Waals surface area contributed by atoms with E-state index in [1.807, 2.05) is 24.3 Å². The number of rotatable bonds is 9. The minimum absolute atomic E-state index is 0.126. The van der Waals surface area contributed by atoms with E-state index in [-0.39, 0.29) is 18.2 Å². The van der Waals surface area contributed by atoms with Crippen molar-refractivity contribution in [1.82, 2.24) is 0 Å². The molecule has 6 nitrogen and oxygen atoms in total. The van der Waals surface area contributed by atoms with Crippen LogP contribution in [0.25, 0.3) is 0 Å². The summed E-state index contributed by atoms with van der Waals surface area (Å²) in [6, 6.07) is 26.5. The molecule has 0 fully saturated rings. The van der Waals surface area contributed by atoms with Gasteiger partial charge in [0.05, 0.1) is 27.2 Å².